The van der Waals surface area contributed by atoms with Crippen LogP contribution in [0.15, 0.2) is 53.2 Å². The van der Waals surface area contributed by atoms with Gasteiger partial charge in [0.15, 0.2) is 0 Å². The lowest BCUT2D eigenvalue weighted by Gasteiger charge is -2.28. The van der Waals surface area contributed by atoms with Crippen LogP contribution in [0.4, 0.5) is 10.5 Å². The van der Waals surface area contributed by atoms with Crippen molar-refractivity contribution in [1.82, 2.24) is 0 Å². The zero-order valence-electron chi connectivity index (χ0n) is 22.2. The number of ether oxygens (including phenoxy) is 2. The molecule has 9 heteroatoms. The highest BCUT2D eigenvalue weighted by molar-refractivity contribution is 6.04. The van der Waals surface area contributed by atoms with Crippen LogP contribution in [0.25, 0.3) is 6.08 Å². The summed E-state index contributed by atoms with van der Waals surface area (Å²) in [4.78, 5) is 24.3. The lowest BCUT2D eigenvalue weighted by atomic mass is 9.90. The van der Waals surface area contributed by atoms with Crippen LogP contribution in [-0.2, 0) is 14.3 Å². The van der Waals surface area contributed by atoms with Crippen LogP contribution in [0.1, 0.15) is 46.6 Å². The SMILES string of the molecule is CO[C@H]1CC(C)=Cc2cc(O)cc(c2O)NC(=O)C(C)=CC=C[C@H](C)[C@@H](OC(N)=O)C(C)=C[C@H](C)[C@H]1O. The van der Waals surface area contributed by atoms with E-state index in [1.165, 1.54) is 19.2 Å². The minimum Gasteiger partial charge on any atom is -0.508 e. The fourth-order valence-electron chi connectivity index (χ4n) is 4.29. The van der Waals surface area contributed by atoms with Crippen LogP contribution in [0.5, 0.6) is 11.5 Å². The second-order valence-electron chi connectivity index (χ2n) is 9.57. The molecule has 0 saturated carbocycles. The van der Waals surface area contributed by atoms with E-state index in [1.807, 2.05) is 26.8 Å². The van der Waals surface area contributed by atoms with Gasteiger partial charge in [0.1, 0.15) is 17.6 Å². The maximum absolute atomic E-state index is 12.7. The first kappa shape index (κ1) is 29.7. The van der Waals surface area contributed by atoms with E-state index in [4.69, 9.17) is 15.2 Å². The van der Waals surface area contributed by atoms with Crippen molar-refractivity contribution in [1.29, 1.82) is 0 Å². The number of primary amides is 1. The van der Waals surface area contributed by atoms with Gasteiger partial charge in [0.2, 0.25) is 0 Å². The summed E-state index contributed by atoms with van der Waals surface area (Å²) in [6, 6.07) is 2.65. The van der Waals surface area contributed by atoms with Crippen molar-refractivity contribution in [3.05, 3.63) is 58.7 Å². The molecule has 5 atom stereocenters. The molecule has 2 rings (SSSR count). The van der Waals surface area contributed by atoms with Crippen LogP contribution < -0.4 is 11.1 Å². The second kappa shape index (κ2) is 13.1. The molecule has 0 aromatic heterocycles. The number of nitrogens with two attached hydrogens (primary N) is 1. The summed E-state index contributed by atoms with van der Waals surface area (Å²) in [5, 5.41) is 34.6. The normalized spacial score (nSPS) is 26.0. The largest absolute Gasteiger partial charge is 0.508 e. The molecule has 2 bridgehead atoms. The lowest BCUT2D eigenvalue weighted by Crippen LogP contribution is -2.34. The topological polar surface area (TPSA) is 151 Å². The molecule has 1 heterocycles. The van der Waals surface area contributed by atoms with Crippen LogP contribution in [0.2, 0.25) is 0 Å². The number of anilines is 1. The predicted octanol–water partition coefficient (Wildman–Crippen LogP) is 4.40. The van der Waals surface area contributed by atoms with E-state index in [9.17, 15) is 24.9 Å². The first-order valence-corrected chi connectivity index (χ1v) is 12.1. The number of aliphatic hydroxyl groups excluding tert-OH is 1. The molecule has 202 valence electrons. The zero-order chi connectivity index (χ0) is 27.9. The standard InChI is InChI=1S/C28H38N2O7/c1-15-10-20-13-21(31)14-22(25(20)33)30-27(34)17(3)9-7-8-16(2)26(37-28(29)35)19(5)12-18(4)24(32)23(11-15)36-6/h7-10,12-14,16,18,23-24,26,31-33H,11H2,1-6H3,(H2,29,35)(H,30,34)/t16-,18-,23-,24+,26+/m0/s1. The Morgan fingerprint density at radius 1 is 1.14 bits per heavy atom. The van der Waals surface area contributed by atoms with Gasteiger partial charge in [0.05, 0.1) is 17.9 Å². The molecule has 0 radical (unpaired) electrons. The molecule has 9 nitrogen and oxygen atoms in total. The number of amides is 2. The number of hydrogen-bond acceptors (Lipinski definition) is 7. The highest BCUT2D eigenvalue weighted by Gasteiger charge is 2.27. The molecule has 0 saturated heterocycles. The van der Waals surface area contributed by atoms with Gasteiger partial charge in [0, 0.05) is 36.1 Å². The summed E-state index contributed by atoms with van der Waals surface area (Å²) in [6.45, 7) is 8.89. The first-order valence-electron chi connectivity index (χ1n) is 12.1. The summed E-state index contributed by atoms with van der Waals surface area (Å²) >= 11 is 0. The third-order valence-electron chi connectivity index (χ3n) is 6.33. The van der Waals surface area contributed by atoms with Crippen molar-refractivity contribution in [2.75, 3.05) is 12.4 Å². The Morgan fingerprint density at radius 2 is 1.81 bits per heavy atom. The van der Waals surface area contributed by atoms with E-state index in [2.05, 4.69) is 5.32 Å². The van der Waals surface area contributed by atoms with Gasteiger partial charge in [-0.3, -0.25) is 4.79 Å². The van der Waals surface area contributed by atoms with E-state index < -0.39 is 30.3 Å². The summed E-state index contributed by atoms with van der Waals surface area (Å²) in [5.41, 5.74) is 7.49. The monoisotopic (exact) mass is 514 g/mol. The fourth-order valence-corrected chi connectivity index (χ4v) is 4.29. The Morgan fingerprint density at radius 3 is 2.43 bits per heavy atom. The summed E-state index contributed by atoms with van der Waals surface area (Å²) in [6.07, 6.45) is 5.74. The number of carbonyl (C=O) groups is 2. The zero-order valence-corrected chi connectivity index (χ0v) is 22.2. The molecule has 0 unspecified atom stereocenters. The summed E-state index contributed by atoms with van der Waals surface area (Å²) in [5.74, 6) is -1.47. The molecule has 1 aliphatic heterocycles. The third-order valence-corrected chi connectivity index (χ3v) is 6.33. The number of aromatic hydroxyl groups is 2. The number of aliphatic hydroxyl groups is 1. The minimum atomic E-state index is -0.920. The Kier molecular flexibility index (Phi) is 10.5. The fraction of sp³-hybridized carbons (Fsp3) is 0.429. The van der Waals surface area contributed by atoms with Crippen LogP contribution in [0.3, 0.4) is 0 Å². The molecule has 6 N–H and O–H groups in total. The first-order chi connectivity index (χ1) is 17.3. The van der Waals surface area contributed by atoms with Gasteiger partial charge in [-0.05, 0) is 38.8 Å². The van der Waals surface area contributed by atoms with E-state index in [-0.39, 0.29) is 29.0 Å². The number of nitrogens with one attached hydrogen (secondary N) is 1. The molecule has 37 heavy (non-hydrogen) atoms. The highest BCUT2D eigenvalue weighted by atomic mass is 16.6. The van der Waals surface area contributed by atoms with Crippen molar-refractivity contribution < 1.29 is 34.4 Å². The van der Waals surface area contributed by atoms with E-state index >= 15 is 0 Å². The van der Waals surface area contributed by atoms with E-state index in [0.29, 0.717) is 23.1 Å². The molecular formula is C28H38N2O7. The van der Waals surface area contributed by atoms with E-state index in [0.717, 1.165) is 5.57 Å². The van der Waals surface area contributed by atoms with Crippen LogP contribution in [-0.4, -0.2) is 52.7 Å². The average Bonchev–Trinajstić information content (AvgIpc) is 2.82. The Bertz CT molecular complexity index is 1120. The molecule has 1 aromatic carbocycles. The van der Waals surface area contributed by atoms with Gasteiger partial charge in [-0.15, -0.1) is 0 Å². The molecule has 0 spiro atoms. The lowest BCUT2D eigenvalue weighted by molar-refractivity contribution is -0.112. The van der Waals surface area contributed by atoms with Gasteiger partial charge < -0.3 is 35.8 Å². The number of carbonyl (C=O) groups excluding carboxylic acids is 2. The van der Waals surface area contributed by atoms with Gasteiger partial charge >= 0.3 is 6.09 Å². The number of methoxy groups -OCH3 is 1. The van der Waals surface area contributed by atoms with Crippen molar-refractivity contribution in [2.45, 2.75) is 59.4 Å². The van der Waals surface area contributed by atoms with Gasteiger partial charge in [-0.25, -0.2) is 4.79 Å². The van der Waals surface area contributed by atoms with Crippen LogP contribution in [0, 0.1) is 11.8 Å². The highest BCUT2D eigenvalue weighted by Crippen LogP contribution is 2.35. The average molecular weight is 515 g/mol. The van der Waals surface area contributed by atoms with Gasteiger partial charge in [-0.1, -0.05) is 49.8 Å². The second-order valence-corrected chi connectivity index (χ2v) is 9.57. The maximum Gasteiger partial charge on any atom is 0.405 e. The summed E-state index contributed by atoms with van der Waals surface area (Å²) in [7, 11) is 1.50. The molecular weight excluding hydrogens is 476 g/mol. The number of benzene rings is 1. The number of hydrogen-bond donors (Lipinski definition) is 5. The molecule has 1 aromatic rings. The quantitative estimate of drug-likeness (QED) is 0.223. The smallest absolute Gasteiger partial charge is 0.405 e. The molecule has 0 fully saturated rings. The predicted molar refractivity (Wildman–Crippen MR) is 143 cm³/mol. The number of allylic oxidation sites excluding steroid dienone is 2. The maximum atomic E-state index is 12.7. The summed E-state index contributed by atoms with van der Waals surface area (Å²) < 4.78 is 10.9. The number of rotatable bonds is 2. The molecule has 1 aliphatic rings. The number of fused-ring (bicyclic) bond motifs is 2. The van der Waals surface area contributed by atoms with E-state index in [1.54, 1.807) is 38.2 Å². The number of phenolic OH excluding ortho intramolecular Hbond substituents is 2. The number of phenols is 2. The van der Waals surface area contributed by atoms with Gasteiger partial charge in [-0.2, -0.15) is 0 Å². The van der Waals surface area contributed by atoms with Gasteiger partial charge in [0.25, 0.3) is 5.91 Å². The van der Waals surface area contributed by atoms with Crippen molar-refractivity contribution in [2.24, 2.45) is 17.6 Å². The Balaban J connectivity index is 2.61. The van der Waals surface area contributed by atoms with Crippen molar-refractivity contribution >= 4 is 23.8 Å². The van der Waals surface area contributed by atoms with Crippen LogP contribution >= 0.6 is 0 Å². The Hall–Kier alpha value is -3.56. The third kappa shape index (κ3) is 8.23. The van der Waals surface area contributed by atoms with Crippen molar-refractivity contribution in [3.8, 4) is 11.5 Å². The minimum absolute atomic E-state index is 0.0544. The molecule has 2 amide bonds. The van der Waals surface area contributed by atoms with Crippen molar-refractivity contribution in [3.63, 3.8) is 0 Å². The Labute approximate surface area is 218 Å². The molecule has 0 aliphatic carbocycles.